The molecule has 4 aromatic rings. The minimum Gasteiger partial charge on any atom is -0.396 e. The first-order valence-corrected chi connectivity index (χ1v) is 15.1. The van der Waals surface area contributed by atoms with E-state index in [1.807, 2.05) is 121 Å². The molecular formula is C37H42O6. The third-order valence-electron chi connectivity index (χ3n) is 8.94. The smallest absolute Gasteiger partial charge is 0.132 e. The van der Waals surface area contributed by atoms with Crippen LogP contribution in [0.25, 0.3) is 0 Å². The predicted octanol–water partition coefficient (Wildman–Crippen LogP) is 4.05. The summed E-state index contributed by atoms with van der Waals surface area (Å²) >= 11 is 0. The Morgan fingerprint density at radius 3 is 1.47 bits per heavy atom. The Balaban J connectivity index is 1.69. The molecule has 6 heteroatoms. The van der Waals surface area contributed by atoms with Gasteiger partial charge >= 0.3 is 0 Å². The first kappa shape index (κ1) is 31.1. The molecular weight excluding hydrogens is 540 g/mol. The number of benzene rings is 4. The van der Waals surface area contributed by atoms with Gasteiger partial charge in [0.25, 0.3) is 0 Å². The van der Waals surface area contributed by atoms with Crippen molar-refractivity contribution in [2.75, 3.05) is 6.61 Å². The average molecular weight is 583 g/mol. The molecule has 1 fully saturated rings. The van der Waals surface area contributed by atoms with E-state index in [1.54, 1.807) is 0 Å². The molecule has 0 spiro atoms. The fourth-order valence-corrected chi connectivity index (χ4v) is 6.75. The van der Waals surface area contributed by atoms with Crippen LogP contribution in [0, 0.1) is 0 Å². The van der Waals surface area contributed by atoms with Gasteiger partial charge in [-0.15, -0.1) is 0 Å². The Bertz CT molecular complexity index is 1400. The molecule has 5 rings (SSSR count). The van der Waals surface area contributed by atoms with Crippen LogP contribution in [0.15, 0.2) is 121 Å². The summed E-state index contributed by atoms with van der Waals surface area (Å²) in [6.45, 7) is -0.135. The third kappa shape index (κ3) is 6.46. The van der Waals surface area contributed by atoms with Crippen molar-refractivity contribution in [2.45, 2.75) is 73.6 Å². The summed E-state index contributed by atoms with van der Waals surface area (Å²) in [5.41, 5.74) is -3.24. The van der Waals surface area contributed by atoms with Gasteiger partial charge in [0.15, 0.2) is 0 Å². The zero-order valence-corrected chi connectivity index (χ0v) is 24.4. The number of hydrogen-bond donors (Lipinski definition) is 5. The van der Waals surface area contributed by atoms with Gasteiger partial charge in [0, 0.05) is 32.3 Å². The van der Waals surface area contributed by atoms with Crippen LogP contribution in [0.3, 0.4) is 0 Å². The second-order valence-electron chi connectivity index (χ2n) is 11.9. The molecule has 0 aliphatic carbocycles. The molecule has 4 aromatic carbocycles. The van der Waals surface area contributed by atoms with Crippen LogP contribution in [0.2, 0.25) is 0 Å². The number of aliphatic hydroxyl groups excluding tert-OH is 2. The lowest BCUT2D eigenvalue weighted by atomic mass is 9.57. The van der Waals surface area contributed by atoms with E-state index in [0.29, 0.717) is 6.42 Å². The normalized spacial score (nSPS) is 27.9. The van der Waals surface area contributed by atoms with Crippen molar-refractivity contribution in [3.05, 3.63) is 144 Å². The van der Waals surface area contributed by atoms with E-state index < -0.39 is 35.1 Å². The van der Waals surface area contributed by atoms with Crippen molar-refractivity contribution < 1.29 is 30.3 Å². The summed E-state index contributed by atoms with van der Waals surface area (Å²) in [4.78, 5) is 0. The van der Waals surface area contributed by atoms with E-state index in [9.17, 15) is 25.5 Å². The Morgan fingerprint density at radius 1 is 0.581 bits per heavy atom. The first-order valence-electron chi connectivity index (χ1n) is 15.1. The summed E-state index contributed by atoms with van der Waals surface area (Å²) in [5.74, 6) is 0. The molecule has 1 saturated heterocycles. The van der Waals surface area contributed by atoms with Gasteiger partial charge in [-0.3, -0.25) is 0 Å². The van der Waals surface area contributed by atoms with Gasteiger partial charge in [-0.05, 0) is 35.1 Å². The van der Waals surface area contributed by atoms with Crippen LogP contribution in [-0.4, -0.2) is 67.3 Å². The Hall–Kier alpha value is -3.36. The van der Waals surface area contributed by atoms with Crippen LogP contribution in [0.5, 0.6) is 0 Å². The molecule has 6 nitrogen and oxygen atoms in total. The number of aliphatic hydroxyl groups is 5. The van der Waals surface area contributed by atoms with Crippen LogP contribution in [0.1, 0.15) is 35.1 Å². The molecule has 0 bridgehead atoms. The van der Waals surface area contributed by atoms with Crippen molar-refractivity contribution >= 4 is 0 Å². The molecule has 1 unspecified atom stereocenters. The van der Waals surface area contributed by atoms with Gasteiger partial charge < -0.3 is 30.3 Å². The largest absolute Gasteiger partial charge is 0.396 e. The van der Waals surface area contributed by atoms with E-state index in [1.165, 1.54) is 0 Å². The SMILES string of the molecule is OCCC[C@@H]1O[C@H](C(O)Cc2ccccc2)[C@](O)(Cc2ccccc2)[C@@](O)(Cc2ccccc2)[C@@]1(O)Cc1ccccc1. The highest BCUT2D eigenvalue weighted by Gasteiger charge is 2.71. The quantitative estimate of drug-likeness (QED) is 0.172. The minimum absolute atomic E-state index is 0.00807. The number of rotatable bonds is 12. The van der Waals surface area contributed by atoms with Gasteiger partial charge in [0.2, 0.25) is 0 Å². The Labute approximate surface area is 253 Å². The van der Waals surface area contributed by atoms with Crippen LogP contribution in [0.4, 0.5) is 0 Å². The standard InChI is InChI=1S/C37H42O6/c38-23-13-22-33-35(40,25-29-16-7-2-8-17-29)37(42,27-31-20-11-4-12-21-31)36(41,26-30-18-9-3-10-19-30)34(43-33)32(39)24-28-14-5-1-6-15-28/h1-12,14-21,32-34,38-42H,13,22-27H2/t32?,33-,34+,35+,36+,37+/m0/s1. The van der Waals surface area contributed by atoms with Crippen molar-refractivity contribution in [2.24, 2.45) is 0 Å². The van der Waals surface area contributed by atoms with E-state index in [-0.39, 0.29) is 38.7 Å². The Kier molecular flexibility index (Phi) is 9.77. The lowest BCUT2D eigenvalue weighted by molar-refractivity contribution is -0.366. The summed E-state index contributed by atoms with van der Waals surface area (Å²) in [6.07, 6.45) is -2.95. The maximum Gasteiger partial charge on any atom is 0.132 e. The fraction of sp³-hybridized carbons (Fsp3) is 0.351. The zero-order valence-electron chi connectivity index (χ0n) is 24.4. The summed E-state index contributed by atoms with van der Waals surface area (Å²) < 4.78 is 6.61. The molecule has 5 N–H and O–H groups in total. The van der Waals surface area contributed by atoms with E-state index in [2.05, 4.69) is 0 Å². The fourth-order valence-electron chi connectivity index (χ4n) is 6.75. The molecule has 1 aliphatic rings. The molecule has 0 radical (unpaired) electrons. The molecule has 1 heterocycles. The van der Waals surface area contributed by atoms with E-state index in [0.717, 1.165) is 22.3 Å². The second kappa shape index (κ2) is 13.5. The molecule has 0 saturated carbocycles. The molecule has 1 aliphatic heterocycles. The molecule has 226 valence electrons. The first-order chi connectivity index (χ1) is 20.8. The van der Waals surface area contributed by atoms with E-state index >= 15 is 0 Å². The monoisotopic (exact) mass is 582 g/mol. The van der Waals surface area contributed by atoms with Crippen molar-refractivity contribution in [1.29, 1.82) is 0 Å². The molecule has 0 aromatic heterocycles. The van der Waals surface area contributed by atoms with Crippen LogP contribution >= 0.6 is 0 Å². The highest BCUT2D eigenvalue weighted by molar-refractivity contribution is 5.34. The van der Waals surface area contributed by atoms with Crippen molar-refractivity contribution in [3.63, 3.8) is 0 Å². The van der Waals surface area contributed by atoms with Gasteiger partial charge in [-0.25, -0.2) is 0 Å². The number of ether oxygens (including phenoxy) is 1. The second-order valence-corrected chi connectivity index (χ2v) is 11.9. The summed E-state index contributed by atoms with van der Waals surface area (Å²) in [5, 5.41) is 60.7. The summed E-state index contributed by atoms with van der Waals surface area (Å²) in [7, 11) is 0. The van der Waals surface area contributed by atoms with Crippen LogP contribution < -0.4 is 0 Å². The number of hydrogen-bond acceptors (Lipinski definition) is 6. The predicted molar refractivity (Wildman–Crippen MR) is 166 cm³/mol. The van der Waals surface area contributed by atoms with Gasteiger partial charge in [-0.2, -0.15) is 0 Å². The maximum atomic E-state index is 13.2. The summed E-state index contributed by atoms with van der Waals surface area (Å²) in [6, 6.07) is 37.4. The van der Waals surface area contributed by atoms with Crippen LogP contribution in [-0.2, 0) is 30.4 Å². The Morgan fingerprint density at radius 2 is 1.00 bits per heavy atom. The lowest BCUT2D eigenvalue weighted by Crippen LogP contribution is -2.83. The highest BCUT2D eigenvalue weighted by Crippen LogP contribution is 2.51. The maximum absolute atomic E-state index is 13.2. The van der Waals surface area contributed by atoms with Crippen molar-refractivity contribution in [1.82, 2.24) is 0 Å². The molecule has 43 heavy (non-hydrogen) atoms. The van der Waals surface area contributed by atoms with Gasteiger partial charge in [-0.1, -0.05) is 121 Å². The average Bonchev–Trinajstić information content (AvgIpc) is 3.02. The topological polar surface area (TPSA) is 110 Å². The van der Waals surface area contributed by atoms with Gasteiger partial charge in [0.1, 0.15) is 22.9 Å². The zero-order chi connectivity index (χ0) is 30.3. The molecule has 0 amide bonds. The minimum atomic E-state index is -2.19. The van der Waals surface area contributed by atoms with Gasteiger partial charge in [0.05, 0.1) is 12.2 Å². The van der Waals surface area contributed by atoms with E-state index in [4.69, 9.17) is 4.74 Å². The van der Waals surface area contributed by atoms with Crippen molar-refractivity contribution in [3.8, 4) is 0 Å². The highest BCUT2D eigenvalue weighted by atomic mass is 16.6. The molecule has 6 atom stereocenters. The third-order valence-corrected chi connectivity index (χ3v) is 8.94. The lowest BCUT2D eigenvalue weighted by Gasteiger charge is -2.62.